The highest BCUT2D eigenvalue weighted by atomic mass is 79.9. The molecule has 2 rings (SSSR count). The molecule has 18 heavy (non-hydrogen) atoms. The lowest BCUT2D eigenvalue weighted by Crippen LogP contribution is -2.23. The van der Waals surface area contributed by atoms with Crippen LogP contribution < -0.4 is 5.32 Å². The molecule has 0 amide bonds. The van der Waals surface area contributed by atoms with Crippen LogP contribution in [0.3, 0.4) is 0 Å². The van der Waals surface area contributed by atoms with Crippen LogP contribution in [0.1, 0.15) is 24.2 Å². The highest BCUT2D eigenvalue weighted by molar-refractivity contribution is 9.10. The largest absolute Gasteiger partial charge is 0.305 e. The van der Waals surface area contributed by atoms with E-state index in [1.165, 1.54) is 12.3 Å². The Balaban J connectivity index is 2.43. The molecule has 0 saturated heterocycles. The minimum absolute atomic E-state index is 0.172. The molecule has 0 aliphatic rings. The van der Waals surface area contributed by atoms with Crippen molar-refractivity contribution in [3.05, 3.63) is 58.3 Å². The van der Waals surface area contributed by atoms with Crippen molar-refractivity contribution >= 4 is 15.9 Å². The van der Waals surface area contributed by atoms with Gasteiger partial charge >= 0.3 is 0 Å². The first-order chi connectivity index (χ1) is 8.72. The number of hydrogen-bond acceptors (Lipinski definition) is 3. The van der Waals surface area contributed by atoms with Crippen LogP contribution in [0.2, 0.25) is 0 Å². The average Bonchev–Trinajstić information content (AvgIpc) is 2.37. The minimum Gasteiger partial charge on any atom is -0.305 e. The number of nitrogens with zero attached hydrogens (tertiary/aromatic N) is 2. The normalized spacial score (nSPS) is 12.4. The van der Waals surface area contributed by atoms with E-state index in [1.54, 1.807) is 12.4 Å². The van der Waals surface area contributed by atoms with E-state index in [0.29, 0.717) is 0 Å². The number of rotatable bonds is 4. The van der Waals surface area contributed by atoms with Gasteiger partial charge in [0.15, 0.2) is 0 Å². The lowest BCUT2D eigenvalue weighted by Gasteiger charge is -2.18. The Morgan fingerprint density at radius 2 is 2.28 bits per heavy atom. The van der Waals surface area contributed by atoms with Gasteiger partial charge in [0.05, 0.1) is 17.9 Å². The summed E-state index contributed by atoms with van der Waals surface area (Å²) in [4.78, 5) is 8.23. The Kier molecular flexibility index (Phi) is 4.38. The summed E-state index contributed by atoms with van der Waals surface area (Å²) in [6.07, 6.45) is 4.56. The zero-order chi connectivity index (χ0) is 13.0. The third-order valence-electron chi connectivity index (χ3n) is 2.53. The molecule has 1 atom stereocenters. The van der Waals surface area contributed by atoms with E-state index in [2.05, 4.69) is 31.2 Å². The predicted molar refractivity (Wildman–Crippen MR) is 71.7 cm³/mol. The fraction of sp³-hybridized carbons (Fsp3) is 0.231. The topological polar surface area (TPSA) is 37.8 Å². The molecule has 2 aromatic heterocycles. The molecule has 0 radical (unpaired) electrons. The molecule has 1 unspecified atom stereocenters. The smallest absolute Gasteiger partial charge is 0.141 e. The van der Waals surface area contributed by atoms with E-state index in [1.807, 2.05) is 19.1 Å². The molecule has 5 heteroatoms. The first-order valence-electron chi connectivity index (χ1n) is 5.66. The van der Waals surface area contributed by atoms with E-state index >= 15 is 0 Å². The van der Waals surface area contributed by atoms with Gasteiger partial charge < -0.3 is 5.32 Å². The second-order valence-corrected chi connectivity index (χ2v) is 4.65. The van der Waals surface area contributed by atoms with Crippen molar-refractivity contribution in [2.75, 3.05) is 6.54 Å². The van der Waals surface area contributed by atoms with Gasteiger partial charge in [0, 0.05) is 16.9 Å². The molecular formula is C13H13BrFN3. The first-order valence-corrected chi connectivity index (χ1v) is 6.46. The van der Waals surface area contributed by atoms with E-state index in [4.69, 9.17) is 0 Å². The van der Waals surface area contributed by atoms with Crippen molar-refractivity contribution in [3.63, 3.8) is 0 Å². The molecule has 1 N–H and O–H groups in total. The van der Waals surface area contributed by atoms with Crippen molar-refractivity contribution in [2.24, 2.45) is 0 Å². The summed E-state index contributed by atoms with van der Waals surface area (Å²) >= 11 is 3.47. The maximum Gasteiger partial charge on any atom is 0.141 e. The lowest BCUT2D eigenvalue weighted by molar-refractivity contribution is 0.587. The molecular weight excluding hydrogens is 297 g/mol. The number of pyridine rings is 2. The molecule has 3 nitrogen and oxygen atoms in total. The van der Waals surface area contributed by atoms with Crippen molar-refractivity contribution in [2.45, 2.75) is 13.0 Å². The Morgan fingerprint density at radius 1 is 1.44 bits per heavy atom. The maximum absolute atomic E-state index is 13.3. The summed E-state index contributed by atoms with van der Waals surface area (Å²) in [5.74, 6) is -0.345. The second kappa shape index (κ2) is 6.02. The highest BCUT2D eigenvalue weighted by Crippen LogP contribution is 2.26. The third-order valence-corrected chi connectivity index (χ3v) is 3.20. The molecule has 0 aliphatic heterocycles. The maximum atomic E-state index is 13.3. The average molecular weight is 310 g/mol. The third kappa shape index (κ3) is 2.91. The summed E-state index contributed by atoms with van der Waals surface area (Å²) in [5.41, 5.74) is 1.59. The Bertz CT molecular complexity index is 533. The van der Waals surface area contributed by atoms with Gasteiger partial charge in [0.25, 0.3) is 0 Å². The SMILES string of the molecule is CCNC(c1cncc(F)c1)c1ncccc1Br. The minimum atomic E-state index is -0.345. The Morgan fingerprint density at radius 3 is 2.94 bits per heavy atom. The van der Waals surface area contributed by atoms with Crippen LogP contribution in [0.5, 0.6) is 0 Å². The monoisotopic (exact) mass is 309 g/mol. The van der Waals surface area contributed by atoms with E-state index < -0.39 is 0 Å². The van der Waals surface area contributed by atoms with Crippen LogP contribution in [0.25, 0.3) is 0 Å². The van der Waals surface area contributed by atoms with Crippen LogP contribution >= 0.6 is 15.9 Å². The number of nitrogens with one attached hydrogen (secondary N) is 1. The van der Waals surface area contributed by atoms with Gasteiger partial charge in [0.1, 0.15) is 5.82 Å². The summed E-state index contributed by atoms with van der Waals surface area (Å²) < 4.78 is 14.2. The van der Waals surface area contributed by atoms with Gasteiger partial charge in [-0.25, -0.2) is 4.39 Å². The van der Waals surface area contributed by atoms with E-state index in [-0.39, 0.29) is 11.9 Å². The zero-order valence-corrected chi connectivity index (χ0v) is 11.5. The van der Waals surface area contributed by atoms with Crippen LogP contribution in [0.4, 0.5) is 4.39 Å². The second-order valence-electron chi connectivity index (χ2n) is 3.80. The molecule has 94 valence electrons. The van der Waals surface area contributed by atoms with Crippen molar-refractivity contribution in [3.8, 4) is 0 Å². The number of halogens is 2. The van der Waals surface area contributed by atoms with Crippen molar-refractivity contribution in [1.82, 2.24) is 15.3 Å². The Labute approximate surface area is 114 Å². The summed E-state index contributed by atoms with van der Waals surface area (Å²) in [6, 6.07) is 5.06. The number of hydrogen-bond donors (Lipinski definition) is 1. The molecule has 0 aromatic carbocycles. The molecule has 2 heterocycles. The van der Waals surface area contributed by atoms with Crippen LogP contribution in [0.15, 0.2) is 41.3 Å². The quantitative estimate of drug-likeness (QED) is 0.943. The van der Waals surface area contributed by atoms with E-state index in [0.717, 1.165) is 22.3 Å². The van der Waals surface area contributed by atoms with Gasteiger partial charge in [-0.2, -0.15) is 0 Å². The lowest BCUT2D eigenvalue weighted by atomic mass is 10.1. The van der Waals surface area contributed by atoms with Crippen molar-refractivity contribution in [1.29, 1.82) is 0 Å². The highest BCUT2D eigenvalue weighted by Gasteiger charge is 2.17. The fourth-order valence-electron chi connectivity index (χ4n) is 1.77. The van der Waals surface area contributed by atoms with Gasteiger partial charge in [-0.15, -0.1) is 0 Å². The van der Waals surface area contributed by atoms with Crippen LogP contribution in [0, 0.1) is 5.82 Å². The van der Waals surface area contributed by atoms with Crippen LogP contribution in [-0.2, 0) is 0 Å². The summed E-state index contributed by atoms with van der Waals surface area (Å²) in [5, 5.41) is 3.28. The summed E-state index contributed by atoms with van der Waals surface area (Å²) in [7, 11) is 0. The van der Waals surface area contributed by atoms with Crippen molar-refractivity contribution < 1.29 is 4.39 Å². The Hall–Kier alpha value is -1.33. The van der Waals surface area contributed by atoms with Gasteiger partial charge in [0.2, 0.25) is 0 Å². The van der Waals surface area contributed by atoms with Gasteiger partial charge in [-0.3, -0.25) is 9.97 Å². The van der Waals surface area contributed by atoms with E-state index in [9.17, 15) is 4.39 Å². The standard InChI is InChI=1S/C13H13BrFN3/c1-2-17-12(9-6-10(15)8-16-7-9)13-11(14)4-3-5-18-13/h3-8,12,17H,2H2,1H3. The molecule has 0 bridgehead atoms. The molecule has 0 spiro atoms. The fourth-order valence-corrected chi connectivity index (χ4v) is 2.26. The van der Waals surface area contributed by atoms with Crippen LogP contribution in [-0.4, -0.2) is 16.5 Å². The number of aromatic nitrogens is 2. The molecule has 0 saturated carbocycles. The predicted octanol–water partition coefficient (Wildman–Crippen LogP) is 3.08. The summed E-state index contributed by atoms with van der Waals surface area (Å²) in [6.45, 7) is 2.75. The molecule has 0 fully saturated rings. The van der Waals surface area contributed by atoms with Gasteiger partial charge in [-0.05, 0) is 46.2 Å². The van der Waals surface area contributed by atoms with Gasteiger partial charge in [-0.1, -0.05) is 6.92 Å². The first kappa shape index (κ1) is 13.1. The zero-order valence-electron chi connectivity index (χ0n) is 9.90. The molecule has 0 aliphatic carbocycles. The molecule has 2 aromatic rings.